The van der Waals surface area contributed by atoms with E-state index in [1.165, 1.54) is 18.0 Å². The van der Waals surface area contributed by atoms with Crippen LogP contribution in [0.5, 0.6) is 0 Å². The Hall–Kier alpha value is -2.78. The molecule has 0 radical (unpaired) electrons. The van der Waals surface area contributed by atoms with E-state index in [1.807, 2.05) is 31.4 Å². The van der Waals surface area contributed by atoms with Crippen LogP contribution in [0.2, 0.25) is 0 Å². The minimum absolute atomic E-state index is 0.0555. The molecule has 4 nitrogen and oxygen atoms in total. The van der Waals surface area contributed by atoms with E-state index in [0.717, 1.165) is 40.4 Å². The molecule has 0 unspecified atom stereocenters. The van der Waals surface area contributed by atoms with Crippen LogP contribution in [0.25, 0.3) is 27.8 Å². The first-order valence-electron chi connectivity index (χ1n) is 9.75. The molecule has 1 N–H and O–H groups in total. The number of nitrogens with zero attached hydrogens (tertiary/aromatic N) is 3. The first kappa shape index (κ1) is 20.1. The van der Waals surface area contributed by atoms with Crippen molar-refractivity contribution in [3.63, 3.8) is 0 Å². The van der Waals surface area contributed by atoms with Gasteiger partial charge >= 0.3 is 6.18 Å². The third-order valence-electron chi connectivity index (χ3n) is 5.38. The summed E-state index contributed by atoms with van der Waals surface area (Å²) in [7, 11) is 1.82. The molecule has 1 aliphatic carbocycles. The highest BCUT2D eigenvalue weighted by Crippen LogP contribution is 2.39. The van der Waals surface area contributed by atoms with Gasteiger partial charge in [0.2, 0.25) is 0 Å². The molecule has 31 heavy (non-hydrogen) atoms. The van der Waals surface area contributed by atoms with Gasteiger partial charge in [0.1, 0.15) is 5.82 Å². The van der Waals surface area contributed by atoms with Crippen LogP contribution >= 0.6 is 11.9 Å². The molecular formula is C22H18F4N4S. The summed E-state index contributed by atoms with van der Waals surface area (Å²) in [4.78, 5) is 5.50. The van der Waals surface area contributed by atoms with Crippen LogP contribution in [0, 0.1) is 5.82 Å². The zero-order chi connectivity index (χ0) is 21.8. The van der Waals surface area contributed by atoms with Crippen LogP contribution in [-0.4, -0.2) is 21.2 Å². The van der Waals surface area contributed by atoms with Crippen molar-refractivity contribution in [2.75, 3.05) is 7.05 Å². The molecule has 0 bridgehead atoms. The second-order valence-electron chi connectivity index (χ2n) is 7.50. The first-order chi connectivity index (χ1) is 14.8. The maximum absolute atomic E-state index is 14.8. The molecule has 0 atom stereocenters. The normalized spacial score (nSPS) is 14.5. The van der Waals surface area contributed by atoms with E-state index in [9.17, 15) is 17.6 Å². The second-order valence-corrected chi connectivity index (χ2v) is 8.58. The van der Waals surface area contributed by atoms with Crippen LogP contribution in [0.15, 0.2) is 60.0 Å². The van der Waals surface area contributed by atoms with Crippen molar-refractivity contribution in [3.8, 4) is 16.9 Å². The number of alkyl halides is 3. The number of aromatic nitrogens is 3. The summed E-state index contributed by atoms with van der Waals surface area (Å²) in [6.07, 6.45) is 3.15. The number of fused-ring (bicyclic) bond motifs is 1. The number of halogens is 4. The van der Waals surface area contributed by atoms with E-state index in [1.54, 1.807) is 17.1 Å². The summed E-state index contributed by atoms with van der Waals surface area (Å²) in [5.74, 6) is -0.935. The molecule has 1 aliphatic rings. The van der Waals surface area contributed by atoms with Crippen molar-refractivity contribution in [1.29, 1.82) is 0 Å². The van der Waals surface area contributed by atoms with Gasteiger partial charge in [-0.3, -0.25) is 4.72 Å². The van der Waals surface area contributed by atoms with Crippen LogP contribution < -0.4 is 4.72 Å². The fourth-order valence-electron chi connectivity index (χ4n) is 3.72. The molecule has 2 heterocycles. The van der Waals surface area contributed by atoms with Crippen LogP contribution in [-0.2, 0) is 6.18 Å². The molecule has 0 spiro atoms. The lowest BCUT2D eigenvalue weighted by molar-refractivity contribution is -0.137. The largest absolute Gasteiger partial charge is 0.416 e. The van der Waals surface area contributed by atoms with E-state index in [0.29, 0.717) is 17.6 Å². The standard InChI is InChI=1S/C22H18F4N4S/c1-27-31-15-5-7-20-16(9-15)17(19-11-29(12-28-19)14-3-4-14)10-30(20)21-6-2-13(8-18(21)23)22(24,25)26/h2,5-12,14,27H,3-4H2,1H3. The molecule has 4 aromatic rings. The maximum Gasteiger partial charge on any atom is 0.416 e. The number of imidazole rings is 1. The van der Waals surface area contributed by atoms with Crippen molar-refractivity contribution in [1.82, 2.24) is 18.8 Å². The summed E-state index contributed by atoms with van der Waals surface area (Å²) in [6.45, 7) is 0. The first-order valence-corrected chi connectivity index (χ1v) is 10.6. The highest BCUT2D eigenvalue weighted by atomic mass is 32.2. The number of rotatable bonds is 5. The molecule has 0 amide bonds. The number of hydrogen-bond donors (Lipinski definition) is 1. The van der Waals surface area contributed by atoms with Gasteiger partial charge in [-0.15, -0.1) is 0 Å². The van der Waals surface area contributed by atoms with Crippen LogP contribution in [0.4, 0.5) is 17.6 Å². The smallest absolute Gasteiger partial charge is 0.334 e. The highest BCUT2D eigenvalue weighted by Gasteiger charge is 2.31. The Morgan fingerprint density at radius 2 is 1.90 bits per heavy atom. The molecular weight excluding hydrogens is 428 g/mol. The fourth-order valence-corrected chi connectivity index (χ4v) is 4.27. The summed E-state index contributed by atoms with van der Waals surface area (Å²) in [6, 6.07) is 8.77. The Labute approximate surface area is 180 Å². The van der Waals surface area contributed by atoms with Crippen LogP contribution in [0.3, 0.4) is 0 Å². The van der Waals surface area contributed by atoms with Gasteiger partial charge in [-0.25, -0.2) is 9.37 Å². The summed E-state index contributed by atoms with van der Waals surface area (Å²) in [5, 5.41) is 0.848. The Bertz CT molecular complexity index is 1270. The van der Waals surface area contributed by atoms with Crippen molar-refractivity contribution in [2.24, 2.45) is 0 Å². The van der Waals surface area contributed by atoms with Gasteiger partial charge in [0.15, 0.2) is 0 Å². The predicted octanol–water partition coefficient (Wildman–Crippen LogP) is 6.21. The van der Waals surface area contributed by atoms with Crippen molar-refractivity contribution < 1.29 is 17.6 Å². The van der Waals surface area contributed by atoms with E-state index < -0.39 is 17.6 Å². The minimum Gasteiger partial charge on any atom is -0.334 e. The quantitative estimate of drug-likeness (QED) is 0.292. The van der Waals surface area contributed by atoms with Gasteiger partial charge in [0.25, 0.3) is 0 Å². The topological polar surface area (TPSA) is 34.8 Å². The molecule has 160 valence electrons. The Morgan fingerprint density at radius 3 is 2.58 bits per heavy atom. The number of benzene rings is 2. The Kier molecular flexibility index (Phi) is 4.82. The lowest BCUT2D eigenvalue weighted by atomic mass is 10.1. The van der Waals surface area contributed by atoms with Gasteiger partial charge in [-0.05, 0) is 68.2 Å². The summed E-state index contributed by atoms with van der Waals surface area (Å²) >= 11 is 1.44. The molecule has 1 saturated carbocycles. The highest BCUT2D eigenvalue weighted by molar-refractivity contribution is 7.97. The Morgan fingerprint density at radius 1 is 1.10 bits per heavy atom. The fraction of sp³-hybridized carbons (Fsp3) is 0.227. The van der Waals surface area contributed by atoms with E-state index >= 15 is 0 Å². The third kappa shape index (κ3) is 3.72. The third-order valence-corrected chi connectivity index (χ3v) is 6.07. The molecule has 0 aliphatic heterocycles. The molecule has 2 aromatic heterocycles. The average molecular weight is 446 g/mol. The summed E-state index contributed by atoms with van der Waals surface area (Å²) in [5.41, 5.74) is 1.28. The SMILES string of the molecule is CNSc1ccc2c(c1)c(-c1cn(C3CC3)cn1)cn2-c1ccc(C(F)(F)F)cc1F. The minimum atomic E-state index is -4.60. The zero-order valence-corrected chi connectivity index (χ0v) is 17.3. The summed E-state index contributed by atoms with van der Waals surface area (Å²) < 4.78 is 60.4. The van der Waals surface area contributed by atoms with Crippen molar-refractivity contribution >= 4 is 22.9 Å². The van der Waals surface area contributed by atoms with Gasteiger partial charge in [0.05, 0.1) is 28.8 Å². The van der Waals surface area contributed by atoms with Crippen LogP contribution in [0.1, 0.15) is 24.4 Å². The second kappa shape index (κ2) is 7.42. The molecule has 0 saturated heterocycles. The monoisotopic (exact) mass is 446 g/mol. The van der Waals surface area contributed by atoms with Crippen molar-refractivity contribution in [3.05, 3.63) is 66.5 Å². The average Bonchev–Trinajstić information content (AvgIpc) is 3.34. The number of nitrogens with one attached hydrogen (secondary N) is 1. The maximum atomic E-state index is 14.8. The van der Waals surface area contributed by atoms with E-state index in [4.69, 9.17) is 0 Å². The van der Waals surface area contributed by atoms with Gasteiger partial charge in [0, 0.05) is 34.3 Å². The molecule has 9 heteroatoms. The molecule has 1 fully saturated rings. The van der Waals surface area contributed by atoms with Gasteiger partial charge in [-0.2, -0.15) is 13.2 Å². The lowest BCUT2D eigenvalue weighted by Gasteiger charge is -2.11. The Balaban J connectivity index is 1.68. The van der Waals surface area contributed by atoms with Gasteiger partial charge < -0.3 is 9.13 Å². The zero-order valence-electron chi connectivity index (χ0n) is 16.4. The lowest BCUT2D eigenvalue weighted by Crippen LogP contribution is -2.07. The van der Waals surface area contributed by atoms with Crippen molar-refractivity contribution in [2.45, 2.75) is 30.0 Å². The van der Waals surface area contributed by atoms with E-state index in [2.05, 4.69) is 14.3 Å². The van der Waals surface area contributed by atoms with E-state index in [-0.39, 0.29) is 5.69 Å². The van der Waals surface area contributed by atoms with Gasteiger partial charge in [-0.1, -0.05) is 0 Å². The molecule has 2 aromatic carbocycles. The predicted molar refractivity (Wildman–Crippen MR) is 113 cm³/mol. The number of hydrogen-bond acceptors (Lipinski definition) is 3. The molecule has 5 rings (SSSR count).